The molecule has 1 N–H and O–H groups in total. The van der Waals surface area contributed by atoms with Crippen molar-refractivity contribution in [2.24, 2.45) is 5.92 Å². The minimum Gasteiger partial charge on any atom is -0.327 e. The van der Waals surface area contributed by atoms with E-state index >= 15 is 0 Å². The maximum atomic E-state index is 11.9. The lowest BCUT2D eigenvalue weighted by Crippen LogP contribution is -2.33. The van der Waals surface area contributed by atoms with E-state index in [-0.39, 0.29) is 10.3 Å². The molecule has 1 unspecified atom stereocenters. The molecule has 17 heavy (non-hydrogen) atoms. The highest BCUT2D eigenvalue weighted by atomic mass is 35.5. The van der Waals surface area contributed by atoms with E-state index in [2.05, 4.69) is 25.8 Å². The van der Waals surface area contributed by atoms with Crippen LogP contribution < -0.4 is 5.56 Å². The quantitative estimate of drug-likeness (QED) is 0.845. The summed E-state index contributed by atoms with van der Waals surface area (Å²) in [5.41, 5.74) is 0.854. The molecule has 0 amide bonds. The van der Waals surface area contributed by atoms with Crippen LogP contribution in [-0.2, 0) is 0 Å². The smallest absolute Gasteiger partial charge is 0.251 e. The summed E-state index contributed by atoms with van der Waals surface area (Å²) in [5, 5.41) is 0.614. The van der Waals surface area contributed by atoms with Crippen molar-refractivity contribution >= 4 is 23.4 Å². The van der Waals surface area contributed by atoms with Gasteiger partial charge in [-0.15, -0.1) is 0 Å². The number of nitrogens with one attached hydrogen (secondary N) is 1. The zero-order chi connectivity index (χ0) is 12.6. The topological polar surface area (TPSA) is 32.9 Å². The van der Waals surface area contributed by atoms with Crippen LogP contribution in [0.3, 0.4) is 0 Å². The van der Waals surface area contributed by atoms with Gasteiger partial charge >= 0.3 is 0 Å². The van der Waals surface area contributed by atoms with Crippen LogP contribution in [0.1, 0.15) is 38.7 Å². The fraction of sp³-hybridized carbons (Fsp3) is 0.615. The molecular formula is C13H18ClNOS. The molecule has 0 saturated carbocycles. The Balaban J connectivity index is 2.37. The van der Waals surface area contributed by atoms with Crippen molar-refractivity contribution in [2.75, 3.05) is 5.75 Å². The summed E-state index contributed by atoms with van der Waals surface area (Å²) in [4.78, 5) is 14.6. The largest absolute Gasteiger partial charge is 0.327 e. The van der Waals surface area contributed by atoms with Gasteiger partial charge in [-0.1, -0.05) is 32.4 Å². The molecule has 94 valence electrons. The number of thioether (sulfide) groups is 1. The van der Waals surface area contributed by atoms with Crippen molar-refractivity contribution in [3.8, 4) is 0 Å². The lowest BCUT2D eigenvalue weighted by Gasteiger charge is -2.38. The molecule has 0 aliphatic carbocycles. The minimum absolute atomic E-state index is 0.00829. The van der Waals surface area contributed by atoms with Crippen LogP contribution >= 0.6 is 23.4 Å². The third kappa shape index (κ3) is 2.89. The van der Waals surface area contributed by atoms with Crippen molar-refractivity contribution in [3.63, 3.8) is 0 Å². The molecule has 0 spiro atoms. The van der Waals surface area contributed by atoms with Gasteiger partial charge in [0.2, 0.25) is 0 Å². The standard InChI is InChI=1S/C13H18ClNOS/c1-8-7-17-13(2,3)5-11(8)10-4-9(14)6-15-12(10)16/h4,6,8,11H,5,7H2,1-3H3,(H,15,16)/t8-,11?/m0/s1. The first-order valence-electron chi connectivity index (χ1n) is 5.91. The fourth-order valence-electron chi connectivity index (χ4n) is 2.43. The van der Waals surface area contributed by atoms with Crippen molar-refractivity contribution in [3.05, 3.63) is 33.2 Å². The maximum Gasteiger partial charge on any atom is 0.251 e. The van der Waals surface area contributed by atoms with Crippen LogP contribution in [-0.4, -0.2) is 15.5 Å². The molecule has 1 aromatic heterocycles. The van der Waals surface area contributed by atoms with E-state index in [1.165, 1.54) is 0 Å². The van der Waals surface area contributed by atoms with Crippen LogP contribution in [0, 0.1) is 5.92 Å². The number of pyridine rings is 1. The van der Waals surface area contributed by atoms with E-state index < -0.39 is 0 Å². The van der Waals surface area contributed by atoms with Gasteiger partial charge < -0.3 is 4.98 Å². The molecule has 4 heteroatoms. The number of halogens is 1. The number of aromatic nitrogens is 1. The predicted octanol–water partition coefficient (Wildman–Crippen LogP) is 3.66. The summed E-state index contributed by atoms with van der Waals surface area (Å²) in [7, 11) is 0. The zero-order valence-corrected chi connectivity index (χ0v) is 12.0. The summed E-state index contributed by atoms with van der Waals surface area (Å²) in [6, 6.07) is 1.83. The first-order chi connectivity index (χ1) is 7.89. The molecule has 1 fully saturated rings. The van der Waals surface area contributed by atoms with Crippen molar-refractivity contribution in [1.29, 1.82) is 0 Å². The van der Waals surface area contributed by atoms with Crippen molar-refractivity contribution in [2.45, 2.75) is 37.9 Å². The highest BCUT2D eigenvalue weighted by Crippen LogP contribution is 2.45. The van der Waals surface area contributed by atoms with Crippen LogP contribution in [0.15, 0.2) is 17.1 Å². The average Bonchev–Trinajstić information content (AvgIpc) is 2.25. The Bertz CT molecular complexity index is 469. The highest BCUT2D eigenvalue weighted by Gasteiger charge is 2.35. The molecule has 2 nitrogen and oxygen atoms in total. The third-order valence-corrected chi connectivity index (χ3v) is 5.29. The second-order valence-corrected chi connectivity index (χ2v) is 7.62. The predicted molar refractivity (Wildman–Crippen MR) is 75.1 cm³/mol. The average molecular weight is 272 g/mol. The molecule has 1 aliphatic rings. The van der Waals surface area contributed by atoms with E-state index in [0.29, 0.717) is 16.9 Å². The number of H-pyrrole nitrogens is 1. The molecule has 0 aromatic carbocycles. The third-order valence-electron chi connectivity index (χ3n) is 3.43. The molecule has 1 saturated heterocycles. The Morgan fingerprint density at radius 1 is 1.53 bits per heavy atom. The number of hydrogen-bond acceptors (Lipinski definition) is 2. The molecule has 0 radical (unpaired) electrons. The lowest BCUT2D eigenvalue weighted by atomic mass is 9.82. The second-order valence-electron chi connectivity index (χ2n) is 5.46. The van der Waals surface area contributed by atoms with Gasteiger partial charge in [-0.2, -0.15) is 11.8 Å². The van der Waals surface area contributed by atoms with E-state index in [4.69, 9.17) is 11.6 Å². The first-order valence-corrected chi connectivity index (χ1v) is 7.27. The highest BCUT2D eigenvalue weighted by molar-refractivity contribution is 8.00. The molecule has 1 aromatic rings. The summed E-state index contributed by atoms with van der Waals surface area (Å²) < 4.78 is 0.242. The van der Waals surface area contributed by atoms with Gasteiger partial charge in [0, 0.05) is 16.5 Å². The number of rotatable bonds is 1. The summed E-state index contributed by atoms with van der Waals surface area (Å²) in [5.74, 6) is 1.94. The number of aromatic amines is 1. The van der Waals surface area contributed by atoms with Crippen molar-refractivity contribution in [1.82, 2.24) is 4.98 Å². The Morgan fingerprint density at radius 3 is 2.94 bits per heavy atom. The lowest BCUT2D eigenvalue weighted by molar-refractivity contribution is 0.409. The normalized spacial score (nSPS) is 28.0. The molecule has 1 aliphatic heterocycles. The fourth-order valence-corrected chi connectivity index (χ4v) is 3.84. The monoisotopic (exact) mass is 271 g/mol. The summed E-state index contributed by atoms with van der Waals surface area (Å²) >= 11 is 7.97. The summed E-state index contributed by atoms with van der Waals surface area (Å²) in [6.07, 6.45) is 2.59. The van der Waals surface area contributed by atoms with Gasteiger partial charge in [-0.05, 0) is 30.1 Å². The van der Waals surface area contributed by atoms with E-state index in [0.717, 1.165) is 17.7 Å². The van der Waals surface area contributed by atoms with Gasteiger partial charge in [-0.3, -0.25) is 4.79 Å². The molecular weight excluding hydrogens is 254 g/mol. The second kappa shape index (κ2) is 4.69. The maximum absolute atomic E-state index is 11.9. The minimum atomic E-state index is 0.00829. The van der Waals surface area contributed by atoms with Gasteiger partial charge in [-0.25, -0.2) is 0 Å². The van der Waals surface area contributed by atoms with Crippen LogP contribution in [0.5, 0.6) is 0 Å². The van der Waals surface area contributed by atoms with E-state index in [9.17, 15) is 4.79 Å². The SMILES string of the molecule is C[C@H]1CSC(C)(C)CC1c1cc(Cl)c[nH]c1=O. The molecule has 2 rings (SSSR count). The van der Waals surface area contributed by atoms with E-state index in [1.54, 1.807) is 6.20 Å². The van der Waals surface area contributed by atoms with Crippen LogP contribution in [0.2, 0.25) is 5.02 Å². The molecule has 2 atom stereocenters. The Kier molecular flexibility index (Phi) is 3.60. The Labute approximate surface area is 111 Å². The molecule has 0 bridgehead atoms. The Hall–Kier alpha value is -0.410. The van der Waals surface area contributed by atoms with Gasteiger partial charge in [0.25, 0.3) is 5.56 Å². The molecule has 2 heterocycles. The van der Waals surface area contributed by atoms with Crippen molar-refractivity contribution < 1.29 is 0 Å². The van der Waals surface area contributed by atoms with Gasteiger partial charge in [0.1, 0.15) is 0 Å². The zero-order valence-electron chi connectivity index (χ0n) is 10.4. The van der Waals surface area contributed by atoms with Crippen LogP contribution in [0.25, 0.3) is 0 Å². The summed E-state index contributed by atoms with van der Waals surface area (Å²) in [6.45, 7) is 6.71. The van der Waals surface area contributed by atoms with E-state index in [1.807, 2.05) is 17.8 Å². The Morgan fingerprint density at radius 2 is 2.24 bits per heavy atom. The van der Waals surface area contributed by atoms with Crippen LogP contribution in [0.4, 0.5) is 0 Å². The van der Waals surface area contributed by atoms with Gasteiger partial charge in [0.15, 0.2) is 0 Å². The first kappa shape index (κ1) is 13.0. The number of hydrogen-bond donors (Lipinski definition) is 1. The van der Waals surface area contributed by atoms with Gasteiger partial charge in [0.05, 0.1) is 5.02 Å².